The first-order chi connectivity index (χ1) is 15.8. The van der Waals surface area contributed by atoms with E-state index in [-0.39, 0.29) is 12.8 Å². The first kappa shape index (κ1) is 25.7. The summed E-state index contributed by atoms with van der Waals surface area (Å²) >= 11 is 5.90. The maximum absolute atomic E-state index is 12.0. The molecule has 0 radical (unpaired) electrons. The molecule has 0 aliphatic rings. The number of carbonyl (C=O) groups excluding carboxylic acids is 4. The van der Waals surface area contributed by atoms with Crippen molar-refractivity contribution in [2.75, 3.05) is 31.0 Å². The van der Waals surface area contributed by atoms with Crippen LogP contribution in [0, 0.1) is 0 Å². The van der Waals surface area contributed by atoms with Gasteiger partial charge in [-0.1, -0.05) is 18.5 Å². The zero-order valence-electron chi connectivity index (χ0n) is 18.3. The average Bonchev–Trinajstić information content (AvgIpc) is 2.80. The fourth-order valence-electron chi connectivity index (χ4n) is 2.59. The maximum Gasteiger partial charge on any atom is 0.338 e. The molecule has 2 amide bonds. The molecule has 0 bridgehead atoms. The monoisotopic (exact) mass is 476 g/mol. The molecule has 2 rings (SSSR count). The van der Waals surface area contributed by atoms with Crippen molar-refractivity contribution in [1.82, 2.24) is 0 Å². The molecule has 0 aliphatic heterocycles. The third kappa shape index (κ3) is 8.82. The van der Waals surface area contributed by atoms with Gasteiger partial charge in [0.05, 0.1) is 31.4 Å². The number of methoxy groups -OCH3 is 1. The van der Waals surface area contributed by atoms with Crippen LogP contribution in [0.25, 0.3) is 0 Å². The van der Waals surface area contributed by atoms with E-state index in [1.54, 1.807) is 24.3 Å². The van der Waals surface area contributed by atoms with Gasteiger partial charge in [-0.15, -0.1) is 0 Å². The van der Waals surface area contributed by atoms with Crippen LogP contribution in [0.2, 0.25) is 5.02 Å². The van der Waals surface area contributed by atoms with Crippen molar-refractivity contribution in [3.8, 4) is 5.75 Å². The van der Waals surface area contributed by atoms with Crippen molar-refractivity contribution >= 4 is 46.7 Å². The molecule has 176 valence electrons. The molecule has 0 saturated carbocycles. The van der Waals surface area contributed by atoms with Gasteiger partial charge in [0.1, 0.15) is 5.75 Å². The molecule has 0 aliphatic carbocycles. The highest BCUT2D eigenvalue weighted by Gasteiger charge is 2.13. The van der Waals surface area contributed by atoms with Gasteiger partial charge < -0.3 is 24.8 Å². The predicted molar refractivity (Wildman–Crippen MR) is 122 cm³/mol. The Morgan fingerprint density at radius 1 is 0.909 bits per heavy atom. The van der Waals surface area contributed by atoms with Crippen LogP contribution in [-0.4, -0.2) is 44.1 Å². The lowest BCUT2D eigenvalue weighted by Gasteiger charge is -2.11. The third-order valence-corrected chi connectivity index (χ3v) is 4.43. The lowest BCUT2D eigenvalue weighted by atomic mass is 10.2. The van der Waals surface area contributed by atoms with E-state index in [2.05, 4.69) is 10.6 Å². The minimum atomic E-state index is -0.702. The van der Waals surface area contributed by atoms with Crippen LogP contribution in [0.4, 0.5) is 11.4 Å². The summed E-state index contributed by atoms with van der Waals surface area (Å²) in [5, 5.41) is 5.56. The number of anilines is 2. The molecule has 2 aromatic carbocycles. The number of halogens is 1. The van der Waals surface area contributed by atoms with Gasteiger partial charge >= 0.3 is 11.9 Å². The molecule has 2 N–H and O–H groups in total. The average molecular weight is 477 g/mol. The summed E-state index contributed by atoms with van der Waals surface area (Å²) in [4.78, 5) is 47.7. The summed E-state index contributed by atoms with van der Waals surface area (Å²) < 4.78 is 15.1. The first-order valence-electron chi connectivity index (χ1n) is 10.2. The van der Waals surface area contributed by atoms with Crippen molar-refractivity contribution in [2.45, 2.75) is 26.2 Å². The second-order valence-corrected chi connectivity index (χ2v) is 7.25. The number of nitrogens with one attached hydrogen (secondary N) is 2. The Morgan fingerprint density at radius 3 is 2.30 bits per heavy atom. The first-order valence-corrected chi connectivity index (χ1v) is 10.6. The number of carbonyl (C=O) groups is 4. The topological polar surface area (TPSA) is 120 Å². The van der Waals surface area contributed by atoms with Gasteiger partial charge in [-0.05, 0) is 48.9 Å². The van der Waals surface area contributed by atoms with Crippen LogP contribution in [0.5, 0.6) is 5.75 Å². The van der Waals surface area contributed by atoms with Crippen molar-refractivity contribution < 1.29 is 33.4 Å². The molecule has 0 heterocycles. The van der Waals surface area contributed by atoms with Crippen LogP contribution in [0.1, 0.15) is 36.5 Å². The number of amides is 2. The van der Waals surface area contributed by atoms with Gasteiger partial charge in [0.25, 0.3) is 5.91 Å². The standard InChI is InChI=1S/C23H25ClN2O7/c1-3-12-32-23(30)15-4-7-17(8-5-15)25-20(27)10-11-22(29)33-14-21(28)26-18-13-16(24)6-9-19(18)31-2/h4-9,13H,3,10-12,14H2,1-2H3,(H,25,27)(H,26,28). The third-order valence-electron chi connectivity index (χ3n) is 4.20. The Hall–Kier alpha value is -3.59. The zero-order chi connectivity index (χ0) is 24.2. The van der Waals surface area contributed by atoms with E-state index in [0.717, 1.165) is 6.42 Å². The second kappa shape index (κ2) is 13.1. The van der Waals surface area contributed by atoms with Crippen LogP contribution in [0.3, 0.4) is 0 Å². The molecule has 10 heteroatoms. The van der Waals surface area contributed by atoms with Crippen LogP contribution in [-0.2, 0) is 23.9 Å². The molecular weight excluding hydrogens is 452 g/mol. The predicted octanol–water partition coefficient (Wildman–Crippen LogP) is 3.82. The van der Waals surface area contributed by atoms with E-state index in [1.807, 2.05) is 6.92 Å². The molecular formula is C23H25ClN2O7. The highest BCUT2D eigenvalue weighted by Crippen LogP contribution is 2.27. The quantitative estimate of drug-likeness (QED) is 0.473. The lowest BCUT2D eigenvalue weighted by molar-refractivity contribution is -0.147. The van der Waals surface area contributed by atoms with Crippen molar-refractivity contribution in [1.29, 1.82) is 0 Å². The van der Waals surface area contributed by atoms with Gasteiger partial charge in [0.15, 0.2) is 6.61 Å². The number of benzene rings is 2. The number of hydrogen-bond acceptors (Lipinski definition) is 7. The highest BCUT2D eigenvalue weighted by atomic mass is 35.5. The number of hydrogen-bond donors (Lipinski definition) is 2. The largest absolute Gasteiger partial charge is 0.495 e. The van der Waals surface area contributed by atoms with Crippen LogP contribution in [0.15, 0.2) is 42.5 Å². The molecule has 0 aromatic heterocycles. The van der Waals surface area contributed by atoms with Crippen molar-refractivity contribution in [3.63, 3.8) is 0 Å². The number of rotatable bonds is 11. The molecule has 33 heavy (non-hydrogen) atoms. The summed E-state index contributed by atoms with van der Waals surface area (Å²) in [5.41, 5.74) is 1.18. The smallest absolute Gasteiger partial charge is 0.338 e. The SMILES string of the molecule is CCCOC(=O)c1ccc(NC(=O)CCC(=O)OCC(=O)Nc2cc(Cl)ccc2OC)cc1. The van der Waals surface area contributed by atoms with Crippen LogP contribution < -0.4 is 15.4 Å². The summed E-state index contributed by atoms with van der Waals surface area (Å²) in [6.07, 6.45) is 0.382. The summed E-state index contributed by atoms with van der Waals surface area (Å²) in [6.45, 7) is 1.71. The van der Waals surface area contributed by atoms with Crippen molar-refractivity contribution in [2.24, 2.45) is 0 Å². The molecule has 9 nitrogen and oxygen atoms in total. The summed E-state index contributed by atoms with van der Waals surface area (Å²) in [6, 6.07) is 10.9. The fourth-order valence-corrected chi connectivity index (χ4v) is 2.76. The fraction of sp³-hybridized carbons (Fsp3) is 0.304. The van der Waals surface area contributed by atoms with E-state index >= 15 is 0 Å². The number of esters is 2. The minimum absolute atomic E-state index is 0.136. The normalized spacial score (nSPS) is 10.2. The lowest BCUT2D eigenvalue weighted by Crippen LogP contribution is -2.22. The number of ether oxygens (including phenoxy) is 3. The van der Waals surface area contributed by atoms with E-state index in [0.29, 0.717) is 34.3 Å². The summed E-state index contributed by atoms with van der Waals surface area (Å²) in [7, 11) is 1.44. The van der Waals surface area contributed by atoms with Gasteiger partial charge in [-0.25, -0.2) is 4.79 Å². The second-order valence-electron chi connectivity index (χ2n) is 6.81. The Bertz CT molecular complexity index is 993. The van der Waals surface area contributed by atoms with E-state index < -0.39 is 30.4 Å². The van der Waals surface area contributed by atoms with E-state index in [1.165, 1.54) is 25.3 Å². The van der Waals surface area contributed by atoms with Gasteiger partial charge in [-0.2, -0.15) is 0 Å². The Labute approximate surface area is 196 Å². The minimum Gasteiger partial charge on any atom is -0.495 e. The van der Waals surface area contributed by atoms with E-state index in [9.17, 15) is 19.2 Å². The van der Waals surface area contributed by atoms with Gasteiger partial charge in [-0.3, -0.25) is 14.4 Å². The van der Waals surface area contributed by atoms with Crippen molar-refractivity contribution in [3.05, 3.63) is 53.1 Å². The molecule has 2 aromatic rings. The molecule has 0 atom stereocenters. The molecule has 0 unspecified atom stereocenters. The molecule has 0 fully saturated rings. The van der Waals surface area contributed by atoms with Gasteiger partial charge in [0, 0.05) is 17.1 Å². The highest BCUT2D eigenvalue weighted by molar-refractivity contribution is 6.31. The Balaban J connectivity index is 1.72. The molecule has 0 saturated heterocycles. The molecule has 0 spiro atoms. The summed E-state index contributed by atoms with van der Waals surface area (Å²) in [5.74, 6) is -1.73. The Kier molecular flexibility index (Phi) is 10.2. The zero-order valence-corrected chi connectivity index (χ0v) is 19.1. The maximum atomic E-state index is 12.0. The van der Waals surface area contributed by atoms with Crippen LogP contribution >= 0.6 is 11.6 Å². The van der Waals surface area contributed by atoms with E-state index in [4.69, 9.17) is 25.8 Å². The van der Waals surface area contributed by atoms with Gasteiger partial charge in [0.2, 0.25) is 5.91 Å². The Morgan fingerprint density at radius 2 is 1.64 bits per heavy atom.